The molecule has 0 bridgehead atoms. The molecule has 7 heteroatoms. The number of hydrogen-bond acceptors (Lipinski definition) is 4. The fraction of sp³-hybridized carbons (Fsp3) is 0.0877. The first-order valence-electron chi connectivity index (χ1n) is 22.6. The summed E-state index contributed by atoms with van der Waals surface area (Å²) in [7, 11) is 0. The molecule has 11 rings (SSSR count). The van der Waals surface area contributed by atoms with Gasteiger partial charge < -0.3 is 23.7 Å². The number of para-hydroxylation sites is 3. The van der Waals surface area contributed by atoms with Crippen LogP contribution in [0.5, 0.6) is 11.5 Å². The molecule has 0 amide bonds. The van der Waals surface area contributed by atoms with Gasteiger partial charge in [0.2, 0.25) is 0 Å². The molecule has 0 unspecified atom stereocenters. The fourth-order valence-corrected chi connectivity index (χ4v) is 8.80. The topological polar surface area (TPSA) is 38.5 Å². The second-order valence-corrected chi connectivity index (χ2v) is 16.8. The average molecular weight is 924 g/mol. The zero-order valence-corrected chi connectivity index (χ0v) is 37.0. The summed E-state index contributed by atoms with van der Waals surface area (Å²) in [4.78, 5) is 9.25. The van der Waals surface area contributed by atoms with E-state index in [1.807, 2.05) is 102 Å². The standard InChI is InChI=1S/C57H44N5O.Pd/c1-39-32-54(58-37-49(39)41-20-10-6-11-21-41)62-53-36-45(28-29-48(53)55-56(62)47-24-14-16-26-51(47)61(55)43-22-12-7-13-23-43)63-46-34-42(40-18-8-5-9-19-40)33-44(35-46)59-30-31-60(38-59)52-27-17-15-25-50(52)57(2,3)4;/h5-34,37-38H,1-4H3;/q-3;/i1D3;. The first kappa shape index (κ1) is 37.4. The van der Waals surface area contributed by atoms with Crippen LogP contribution in [0.4, 0.5) is 11.4 Å². The molecule has 0 radical (unpaired) electrons. The van der Waals surface area contributed by atoms with Crippen LogP contribution in [0.3, 0.4) is 0 Å². The smallest absolute Gasteiger partial charge is 0.135 e. The van der Waals surface area contributed by atoms with Gasteiger partial charge >= 0.3 is 0 Å². The number of nitrogens with zero attached hydrogens (tertiary/aromatic N) is 5. The Hall–Kier alpha value is -7.17. The second-order valence-electron chi connectivity index (χ2n) is 16.8. The van der Waals surface area contributed by atoms with Gasteiger partial charge in [0, 0.05) is 70.1 Å². The van der Waals surface area contributed by atoms with Crippen molar-refractivity contribution >= 4 is 44.2 Å². The van der Waals surface area contributed by atoms with Gasteiger partial charge in [-0.1, -0.05) is 147 Å². The molecule has 6 nitrogen and oxygen atoms in total. The number of ether oxygens (including phenoxy) is 1. The monoisotopic (exact) mass is 923 g/mol. The SMILES string of the molecule is [2H]C([2H])([2H])c1cc(-n2c3[c-]c(Oc4[c-]c(N5C=CN(c6ccccc6C(C)(C)C)[CH-]5)cc(-c5ccccc5)c4)ccc3c3c2c2ccccc2n3-c2ccccc2)ncc1-c1ccccc1.[Pd]. The van der Waals surface area contributed by atoms with Crippen LogP contribution >= 0.6 is 0 Å². The summed E-state index contributed by atoms with van der Waals surface area (Å²) in [5.74, 6) is 1.43. The minimum atomic E-state index is -2.42. The minimum absolute atomic E-state index is 0. The molecule has 0 fully saturated rings. The van der Waals surface area contributed by atoms with E-state index in [2.05, 4.69) is 133 Å². The fourth-order valence-electron chi connectivity index (χ4n) is 8.80. The summed E-state index contributed by atoms with van der Waals surface area (Å²) >= 11 is 0. The van der Waals surface area contributed by atoms with E-state index in [1.165, 1.54) is 5.56 Å². The molecule has 7 aromatic carbocycles. The predicted molar refractivity (Wildman–Crippen MR) is 259 cm³/mol. The summed E-state index contributed by atoms with van der Waals surface area (Å²) in [5, 5.41) is 1.88. The largest absolute Gasteiger partial charge is 0.509 e. The molecular weight excluding hydrogens is 877 g/mol. The summed E-state index contributed by atoms with van der Waals surface area (Å²) < 4.78 is 37.3. The Labute approximate surface area is 392 Å². The number of benzene rings is 7. The molecule has 4 heterocycles. The van der Waals surface area contributed by atoms with Gasteiger partial charge in [-0.25, -0.2) is 4.98 Å². The maximum Gasteiger partial charge on any atom is 0.135 e. The van der Waals surface area contributed by atoms with Crippen LogP contribution in [-0.2, 0) is 25.8 Å². The maximum atomic E-state index is 8.71. The van der Waals surface area contributed by atoms with Crippen LogP contribution in [0, 0.1) is 25.7 Å². The van der Waals surface area contributed by atoms with Crippen molar-refractivity contribution in [3.63, 3.8) is 0 Å². The average Bonchev–Trinajstić information content (AvgIpc) is 4.05. The summed E-state index contributed by atoms with van der Waals surface area (Å²) in [6, 6.07) is 63.9. The normalized spacial score (nSPS) is 13.6. The van der Waals surface area contributed by atoms with Crippen molar-refractivity contribution < 1.29 is 29.3 Å². The van der Waals surface area contributed by atoms with Crippen LogP contribution in [0.25, 0.3) is 66.6 Å². The van der Waals surface area contributed by atoms with Crippen LogP contribution in [0.15, 0.2) is 188 Å². The van der Waals surface area contributed by atoms with Crippen molar-refractivity contribution in [2.24, 2.45) is 0 Å². The van der Waals surface area contributed by atoms with Gasteiger partial charge in [0.25, 0.3) is 0 Å². The third kappa shape index (κ3) is 7.27. The molecule has 0 N–H and O–H groups in total. The van der Waals surface area contributed by atoms with Crippen molar-refractivity contribution in [1.29, 1.82) is 0 Å². The molecule has 1 aliphatic rings. The molecule has 0 saturated carbocycles. The van der Waals surface area contributed by atoms with Gasteiger partial charge in [0.1, 0.15) is 5.82 Å². The van der Waals surface area contributed by atoms with Crippen LogP contribution in [-0.4, -0.2) is 14.1 Å². The number of rotatable bonds is 8. The zero-order chi connectivity index (χ0) is 45.2. The van der Waals surface area contributed by atoms with E-state index >= 15 is 0 Å². The summed E-state index contributed by atoms with van der Waals surface area (Å²) in [6.07, 6.45) is 5.79. The van der Waals surface area contributed by atoms with Crippen molar-refractivity contribution in [1.82, 2.24) is 14.1 Å². The Morgan fingerprint density at radius 1 is 0.609 bits per heavy atom. The van der Waals surface area contributed by atoms with Gasteiger partial charge in [-0.15, -0.1) is 48.3 Å². The molecule has 0 spiro atoms. The first-order chi connectivity index (χ1) is 32.0. The van der Waals surface area contributed by atoms with Gasteiger partial charge in [0.05, 0.1) is 11.0 Å². The number of aromatic nitrogens is 3. The third-order valence-electron chi connectivity index (χ3n) is 11.7. The molecular formula is C57H44N5OPd-3. The van der Waals surface area contributed by atoms with E-state index in [1.54, 1.807) is 12.3 Å². The molecule has 10 aromatic rings. The molecule has 1 aliphatic heterocycles. The van der Waals surface area contributed by atoms with Crippen molar-refractivity contribution in [3.8, 4) is 45.3 Å². The van der Waals surface area contributed by atoms with E-state index in [-0.39, 0.29) is 31.4 Å². The molecule has 316 valence electrons. The molecule has 3 aromatic heterocycles. The van der Waals surface area contributed by atoms with Gasteiger partial charge in [0.15, 0.2) is 0 Å². The van der Waals surface area contributed by atoms with Gasteiger partial charge in [-0.3, -0.25) is 0 Å². The van der Waals surface area contributed by atoms with Crippen molar-refractivity contribution in [2.45, 2.75) is 33.0 Å². The van der Waals surface area contributed by atoms with E-state index < -0.39 is 6.85 Å². The quantitative estimate of drug-likeness (QED) is 0.112. The Bertz CT molecular complexity index is 3470. The third-order valence-corrected chi connectivity index (χ3v) is 11.7. The van der Waals surface area contributed by atoms with E-state index in [4.69, 9.17) is 13.8 Å². The van der Waals surface area contributed by atoms with Gasteiger partial charge in [-0.2, -0.15) is 6.07 Å². The zero-order valence-electron chi connectivity index (χ0n) is 38.4. The van der Waals surface area contributed by atoms with Crippen LogP contribution in [0.1, 0.15) is 36.0 Å². The number of pyridine rings is 1. The molecule has 0 aliphatic carbocycles. The second kappa shape index (κ2) is 16.5. The van der Waals surface area contributed by atoms with Gasteiger partial charge in [-0.05, 0) is 77.3 Å². The molecule has 64 heavy (non-hydrogen) atoms. The molecule has 0 atom stereocenters. The Balaban J connectivity index is 0.00000525. The molecule has 0 saturated heterocycles. The first-order valence-corrected chi connectivity index (χ1v) is 21.1. The maximum absolute atomic E-state index is 8.71. The Morgan fingerprint density at radius 3 is 2.05 bits per heavy atom. The van der Waals surface area contributed by atoms with E-state index in [9.17, 15) is 0 Å². The number of anilines is 2. The number of fused-ring (bicyclic) bond motifs is 5. The number of aryl methyl sites for hydroxylation is 1. The van der Waals surface area contributed by atoms with E-state index in [0.29, 0.717) is 28.4 Å². The minimum Gasteiger partial charge on any atom is -0.509 e. The Kier molecular flexibility index (Phi) is 9.65. The van der Waals surface area contributed by atoms with E-state index in [0.717, 1.165) is 61.1 Å². The van der Waals surface area contributed by atoms with Crippen molar-refractivity contribution in [2.75, 3.05) is 9.80 Å². The van der Waals surface area contributed by atoms with Crippen molar-refractivity contribution in [3.05, 3.63) is 218 Å². The summed E-state index contributed by atoms with van der Waals surface area (Å²) in [6.45, 7) is 6.34. The summed E-state index contributed by atoms with van der Waals surface area (Å²) in [5.41, 5.74) is 11.2. The number of hydrogen-bond donors (Lipinski definition) is 0. The van der Waals surface area contributed by atoms with Crippen LogP contribution < -0.4 is 14.5 Å². The predicted octanol–water partition coefficient (Wildman–Crippen LogP) is 14.4. The van der Waals surface area contributed by atoms with Crippen LogP contribution in [0.2, 0.25) is 0 Å². The Morgan fingerprint density at radius 2 is 1.28 bits per heavy atom.